The predicted octanol–water partition coefficient (Wildman–Crippen LogP) is 4.21. The van der Waals surface area contributed by atoms with Crippen LogP contribution < -0.4 is 10.5 Å². The van der Waals surface area contributed by atoms with Gasteiger partial charge in [-0.25, -0.2) is 4.99 Å². The highest BCUT2D eigenvalue weighted by Crippen LogP contribution is 2.37. The van der Waals surface area contributed by atoms with Gasteiger partial charge in [0.15, 0.2) is 0 Å². The summed E-state index contributed by atoms with van der Waals surface area (Å²) in [4.78, 5) is 3.34. The molecule has 10 heteroatoms. The van der Waals surface area contributed by atoms with E-state index < -0.39 is 23.9 Å². The Bertz CT molecular complexity index is 568. The lowest BCUT2D eigenvalue weighted by Crippen LogP contribution is -2.30. The lowest BCUT2D eigenvalue weighted by atomic mass is 10.2. The Morgan fingerprint density at radius 3 is 2.27 bits per heavy atom. The number of halogens is 6. The van der Waals surface area contributed by atoms with Crippen LogP contribution in [0.3, 0.4) is 0 Å². The van der Waals surface area contributed by atoms with Gasteiger partial charge in [0, 0.05) is 4.90 Å². The monoisotopic (exact) mass is 346 g/mol. The van der Waals surface area contributed by atoms with Gasteiger partial charge >= 0.3 is 12.4 Å². The molecule has 0 saturated carbocycles. The van der Waals surface area contributed by atoms with E-state index in [1.54, 1.807) is 0 Å². The summed E-state index contributed by atoms with van der Waals surface area (Å²) in [6, 6.07) is 2.39. The van der Waals surface area contributed by atoms with Crippen molar-refractivity contribution in [3.05, 3.63) is 17.7 Å². The summed E-state index contributed by atoms with van der Waals surface area (Å²) >= 11 is 0.450. The standard InChI is InChI=1S/C12H12F6N2OS/c1-6-3-8(21-2)7(20-10(19)12(16,17)18)4-9(6)22-5-11(13,14)15/h3-4H,5H2,1-2H3,(H2,19,20). The van der Waals surface area contributed by atoms with Gasteiger partial charge in [-0.15, -0.1) is 11.8 Å². The largest absolute Gasteiger partial charge is 0.494 e. The quantitative estimate of drug-likeness (QED) is 0.385. The second-order valence-corrected chi connectivity index (χ2v) is 5.21. The van der Waals surface area contributed by atoms with Crippen LogP contribution in [0.2, 0.25) is 0 Å². The number of rotatable bonds is 4. The molecule has 0 aromatic heterocycles. The first-order chi connectivity index (χ1) is 9.94. The third-order valence-electron chi connectivity index (χ3n) is 2.40. The van der Waals surface area contributed by atoms with Gasteiger partial charge in [-0.05, 0) is 24.6 Å². The normalized spacial score (nSPS) is 13.4. The number of nitrogens with two attached hydrogens (primary N) is 1. The van der Waals surface area contributed by atoms with Crippen molar-refractivity contribution in [2.75, 3.05) is 12.9 Å². The number of ether oxygens (including phenoxy) is 1. The Hall–Kier alpha value is -1.58. The molecule has 124 valence electrons. The third kappa shape index (κ3) is 5.32. The molecule has 0 fully saturated rings. The summed E-state index contributed by atoms with van der Waals surface area (Å²) in [6.45, 7) is 1.52. The van der Waals surface area contributed by atoms with Crippen molar-refractivity contribution in [2.45, 2.75) is 24.2 Å². The van der Waals surface area contributed by atoms with Crippen LogP contribution in [0, 0.1) is 6.92 Å². The zero-order chi connectivity index (χ0) is 17.1. The van der Waals surface area contributed by atoms with Gasteiger partial charge in [0.2, 0.25) is 5.84 Å². The molecule has 0 bridgehead atoms. The van der Waals surface area contributed by atoms with E-state index in [0.29, 0.717) is 17.3 Å². The third-order valence-corrected chi connectivity index (χ3v) is 3.62. The van der Waals surface area contributed by atoms with E-state index >= 15 is 0 Å². The SMILES string of the molecule is COc1cc(C)c(SCC(F)(F)F)cc1N=C(N)C(F)(F)F. The number of methoxy groups -OCH3 is 1. The molecule has 22 heavy (non-hydrogen) atoms. The van der Waals surface area contributed by atoms with Gasteiger partial charge in [0.25, 0.3) is 0 Å². The highest BCUT2D eigenvalue weighted by atomic mass is 32.2. The average molecular weight is 346 g/mol. The number of aliphatic imine (C=N–C) groups is 1. The molecule has 2 N–H and O–H groups in total. The van der Waals surface area contributed by atoms with Crippen LogP contribution in [0.4, 0.5) is 32.0 Å². The van der Waals surface area contributed by atoms with Crippen LogP contribution in [-0.2, 0) is 0 Å². The first kappa shape index (κ1) is 18.5. The molecule has 0 aliphatic carbocycles. The zero-order valence-corrected chi connectivity index (χ0v) is 12.3. The highest BCUT2D eigenvalue weighted by Gasteiger charge is 2.34. The minimum Gasteiger partial charge on any atom is -0.494 e. The Morgan fingerprint density at radius 1 is 1.23 bits per heavy atom. The number of aryl methyl sites for hydroxylation is 1. The number of nitrogens with zero attached hydrogens (tertiary/aromatic N) is 1. The van der Waals surface area contributed by atoms with Gasteiger partial charge in [0.05, 0.1) is 12.9 Å². The van der Waals surface area contributed by atoms with Crippen molar-refractivity contribution in [1.82, 2.24) is 0 Å². The molecule has 0 aliphatic heterocycles. The van der Waals surface area contributed by atoms with Crippen LogP contribution in [0.25, 0.3) is 0 Å². The highest BCUT2D eigenvalue weighted by molar-refractivity contribution is 7.99. The molecule has 0 heterocycles. The summed E-state index contributed by atoms with van der Waals surface area (Å²) in [6.07, 6.45) is -9.24. The van der Waals surface area contributed by atoms with Crippen molar-refractivity contribution in [3.63, 3.8) is 0 Å². The molecule has 1 aromatic carbocycles. The van der Waals surface area contributed by atoms with E-state index in [1.807, 2.05) is 0 Å². The lowest BCUT2D eigenvalue weighted by molar-refractivity contribution is -0.105. The van der Waals surface area contributed by atoms with E-state index in [-0.39, 0.29) is 16.3 Å². The van der Waals surface area contributed by atoms with Crippen LogP contribution in [-0.4, -0.2) is 31.1 Å². The second-order valence-electron chi connectivity index (χ2n) is 4.19. The molecule has 1 rings (SSSR count). The van der Waals surface area contributed by atoms with Gasteiger partial charge in [-0.3, -0.25) is 0 Å². The van der Waals surface area contributed by atoms with Crippen LogP contribution >= 0.6 is 11.8 Å². The van der Waals surface area contributed by atoms with Gasteiger partial charge < -0.3 is 10.5 Å². The summed E-state index contributed by atoms with van der Waals surface area (Å²) < 4.78 is 78.8. The molecule has 0 radical (unpaired) electrons. The molecule has 0 saturated heterocycles. The first-order valence-corrected chi connectivity index (χ1v) is 6.72. The number of thioether (sulfide) groups is 1. The molecule has 0 spiro atoms. The maximum absolute atomic E-state index is 12.4. The predicted molar refractivity (Wildman–Crippen MR) is 71.8 cm³/mol. The second kappa shape index (κ2) is 6.67. The zero-order valence-electron chi connectivity index (χ0n) is 11.5. The van der Waals surface area contributed by atoms with Crippen molar-refractivity contribution in [3.8, 4) is 5.75 Å². The molecule has 0 atom stereocenters. The van der Waals surface area contributed by atoms with Crippen LogP contribution in [0.15, 0.2) is 22.0 Å². The Labute approximate surface area is 126 Å². The molecular weight excluding hydrogens is 334 g/mol. The van der Waals surface area contributed by atoms with Crippen molar-refractivity contribution in [2.24, 2.45) is 10.7 Å². The van der Waals surface area contributed by atoms with Crippen molar-refractivity contribution in [1.29, 1.82) is 0 Å². The molecule has 0 amide bonds. The van der Waals surface area contributed by atoms with E-state index in [9.17, 15) is 26.3 Å². The number of alkyl halides is 6. The van der Waals surface area contributed by atoms with Gasteiger partial charge in [0.1, 0.15) is 11.4 Å². The Kier molecular flexibility index (Phi) is 5.60. The van der Waals surface area contributed by atoms with E-state index in [2.05, 4.69) is 4.99 Å². The summed E-state index contributed by atoms with van der Waals surface area (Å²) in [5.41, 5.74) is 4.96. The number of benzene rings is 1. The Balaban J connectivity index is 3.21. The fraction of sp³-hybridized carbons (Fsp3) is 0.417. The molecule has 0 aliphatic rings. The van der Waals surface area contributed by atoms with Crippen LogP contribution in [0.5, 0.6) is 5.75 Å². The summed E-state index contributed by atoms with van der Waals surface area (Å²) in [5, 5.41) is 0. The van der Waals surface area contributed by atoms with Gasteiger partial charge in [-0.1, -0.05) is 0 Å². The minimum absolute atomic E-state index is 0.0129. The van der Waals surface area contributed by atoms with E-state index in [4.69, 9.17) is 10.5 Å². The fourth-order valence-electron chi connectivity index (χ4n) is 1.41. The molecule has 3 nitrogen and oxygen atoms in total. The lowest BCUT2D eigenvalue weighted by Gasteiger charge is -2.13. The van der Waals surface area contributed by atoms with Crippen molar-refractivity contribution >= 4 is 23.3 Å². The fourth-order valence-corrected chi connectivity index (χ4v) is 2.21. The maximum Gasteiger partial charge on any atom is 0.448 e. The van der Waals surface area contributed by atoms with E-state index in [0.717, 1.165) is 6.07 Å². The number of amidine groups is 1. The number of hydrogen-bond donors (Lipinski definition) is 1. The minimum atomic E-state index is -4.84. The molecule has 1 aromatic rings. The first-order valence-electron chi connectivity index (χ1n) is 5.73. The van der Waals surface area contributed by atoms with Gasteiger partial charge in [-0.2, -0.15) is 26.3 Å². The summed E-state index contributed by atoms with van der Waals surface area (Å²) in [7, 11) is 1.21. The topological polar surface area (TPSA) is 47.6 Å². The average Bonchev–Trinajstić information content (AvgIpc) is 2.36. The smallest absolute Gasteiger partial charge is 0.448 e. The maximum atomic E-state index is 12.4. The summed E-state index contributed by atoms with van der Waals surface area (Å²) in [5.74, 6) is -2.79. The van der Waals surface area contributed by atoms with Crippen LogP contribution in [0.1, 0.15) is 5.56 Å². The number of hydrogen-bond acceptors (Lipinski definition) is 3. The van der Waals surface area contributed by atoms with E-state index in [1.165, 1.54) is 20.1 Å². The molecular formula is C12H12F6N2OS. The Morgan fingerprint density at radius 2 is 1.82 bits per heavy atom. The molecule has 0 unspecified atom stereocenters. The van der Waals surface area contributed by atoms with Crippen molar-refractivity contribution < 1.29 is 31.1 Å².